The van der Waals surface area contributed by atoms with Crippen LogP contribution in [-0.2, 0) is 0 Å². The van der Waals surface area contributed by atoms with Gasteiger partial charge in [0, 0.05) is 29.1 Å². The summed E-state index contributed by atoms with van der Waals surface area (Å²) < 4.78 is 41.6. The second kappa shape index (κ2) is 10.5. The first-order valence-electron chi connectivity index (χ1n) is 9.04. The van der Waals surface area contributed by atoms with Gasteiger partial charge in [0.05, 0.1) is 22.9 Å². The first-order chi connectivity index (χ1) is 15.0. The van der Waals surface area contributed by atoms with E-state index < -0.39 is 0 Å². The predicted octanol–water partition coefficient (Wildman–Crippen LogP) is 7.08. The van der Waals surface area contributed by atoms with E-state index in [0.29, 0.717) is 33.7 Å². The second-order valence-electron chi connectivity index (χ2n) is 6.16. The highest BCUT2D eigenvalue weighted by Gasteiger charge is 2.12. The molecule has 9 heteroatoms. The van der Waals surface area contributed by atoms with Crippen molar-refractivity contribution in [3.05, 3.63) is 76.9 Å². The maximum atomic E-state index is 15.1. The molecule has 31 heavy (non-hydrogen) atoms. The molecule has 4 aromatic rings. The number of nitrogens with zero attached hydrogens (tertiary/aromatic N) is 2. The van der Waals surface area contributed by atoms with E-state index in [2.05, 4.69) is 35.9 Å². The van der Waals surface area contributed by atoms with Crippen molar-refractivity contribution < 1.29 is 13.2 Å². The Morgan fingerprint density at radius 2 is 1.81 bits per heavy atom. The zero-order valence-corrected chi connectivity index (χ0v) is 19.0. The van der Waals surface area contributed by atoms with Crippen LogP contribution in [0.15, 0.2) is 70.2 Å². The minimum Gasteiger partial charge on any atom is -0.357 e. The van der Waals surface area contributed by atoms with Gasteiger partial charge in [0.25, 0.3) is 0 Å². The van der Waals surface area contributed by atoms with Gasteiger partial charge in [-0.3, -0.25) is 4.39 Å². The quantitative estimate of drug-likeness (QED) is 0.283. The van der Waals surface area contributed by atoms with E-state index in [1.54, 1.807) is 43.6 Å². The highest BCUT2D eigenvalue weighted by Crippen LogP contribution is 2.32. The first kappa shape index (κ1) is 22.9. The molecule has 1 aromatic heterocycles. The minimum absolute atomic E-state index is 0.317. The molecule has 4 nitrogen and oxygen atoms in total. The summed E-state index contributed by atoms with van der Waals surface area (Å²) in [6.07, 6.45) is 1.70. The SMILES string of the molecule is CF.CNc1ncc2cc(-c3cccc(NSc4ccc(Br)c(F)c4)c3F)ccc2n1. The molecule has 3 aromatic carbocycles. The summed E-state index contributed by atoms with van der Waals surface area (Å²) >= 11 is 4.26. The van der Waals surface area contributed by atoms with Crippen LogP contribution in [0, 0.1) is 11.6 Å². The minimum atomic E-state index is -0.385. The lowest BCUT2D eigenvalue weighted by Crippen LogP contribution is -1.96. The number of hydrogen-bond donors (Lipinski definition) is 2. The molecule has 0 aliphatic rings. The standard InChI is InChI=1S/C21H15BrF2N4S.CH3F/c1-25-21-26-11-13-9-12(5-8-18(13)27-21)15-3-2-4-19(20(15)24)28-29-14-6-7-16(22)17(23)10-14;1-2/h2-11,28H,1H3,(H,25,26,27);1H3. The molecule has 0 radical (unpaired) electrons. The molecule has 0 fully saturated rings. The Morgan fingerprint density at radius 3 is 2.55 bits per heavy atom. The maximum Gasteiger partial charge on any atom is 0.222 e. The van der Waals surface area contributed by atoms with Crippen molar-refractivity contribution in [1.29, 1.82) is 0 Å². The van der Waals surface area contributed by atoms with Crippen LogP contribution in [0.4, 0.5) is 24.8 Å². The number of rotatable bonds is 5. The second-order valence-corrected chi connectivity index (χ2v) is 7.90. The molecule has 0 spiro atoms. The molecule has 4 rings (SSSR count). The summed E-state index contributed by atoms with van der Waals surface area (Å²) in [7, 11) is 2.25. The zero-order chi connectivity index (χ0) is 22.4. The number of anilines is 2. The average Bonchev–Trinajstić information content (AvgIpc) is 2.81. The van der Waals surface area contributed by atoms with Gasteiger partial charge in [0.2, 0.25) is 5.95 Å². The van der Waals surface area contributed by atoms with E-state index >= 15 is 4.39 Å². The monoisotopic (exact) mass is 506 g/mol. The van der Waals surface area contributed by atoms with Crippen LogP contribution < -0.4 is 10.0 Å². The highest BCUT2D eigenvalue weighted by molar-refractivity contribution is 9.10. The number of nitrogens with one attached hydrogen (secondary N) is 2. The van der Waals surface area contributed by atoms with Crippen LogP contribution in [0.5, 0.6) is 0 Å². The zero-order valence-electron chi connectivity index (χ0n) is 16.6. The molecule has 0 saturated heterocycles. The third-order valence-electron chi connectivity index (χ3n) is 4.28. The lowest BCUT2D eigenvalue weighted by molar-refractivity contribution is 0.617. The topological polar surface area (TPSA) is 49.8 Å². The summed E-state index contributed by atoms with van der Waals surface area (Å²) in [4.78, 5) is 9.23. The van der Waals surface area contributed by atoms with Crippen LogP contribution >= 0.6 is 27.9 Å². The van der Waals surface area contributed by atoms with Gasteiger partial charge in [-0.05, 0) is 69.8 Å². The van der Waals surface area contributed by atoms with Crippen LogP contribution in [0.2, 0.25) is 0 Å². The Bertz CT molecular complexity index is 1210. The van der Waals surface area contributed by atoms with Gasteiger partial charge in [-0.15, -0.1) is 0 Å². The van der Waals surface area contributed by atoms with Crippen LogP contribution in [0.25, 0.3) is 22.0 Å². The fraction of sp³-hybridized carbons (Fsp3) is 0.0909. The summed E-state index contributed by atoms with van der Waals surface area (Å²) in [5, 5.41) is 3.72. The molecule has 0 aliphatic carbocycles. The van der Waals surface area contributed by atoms with Crippen LogP contribution in [-0.4, -0.2) is 24.2 Å². The Balaban J connectivity index is 0.00000132. The Hall–Kier alpha value is -2.78. The summed E-state index contributed by atoms with van der Waals surface area (Å²) in [5.41, 5.74) is 2.27. The third-order valence-corrected chi connectivity index (χ3v) is 5.74. The van der Waals surface area contributed by atoms with Crippen molar-refractivity contribution in [2.75, 3.05) is 24.3 Å². The van der Waals surface area contributed by atoms with Gasteiger partial charge in [-0.25, -0.2) is 18.7 Å². The maximum absolute atomic E-state index is 15.1. The van der Waals surface area contributed by atoms with Gasteiger partial charge >= 0.3 is 0 Å². The molecular weight excluding hydrogens is 489 g/mol. The summed E-state index contributed by atoms with van der Waals surface area (Å²) in [5.74, 6) is -0.223. The van der Waals surface area contributed by atoms with E-state index in [4.69, 9.17) is 0 Å². The van der Waals surface area contributed by atoms with E-state index in [0.717, 1.165) is 28.4 Å². The van der Waals surface area contributed by atoms with Gasteiger partial charge in [-0.1, -0.05) is 18.2 Å². The van der Waals surface area contributed by atoms with Crippen molar-refractivity contribution in [2.24, 2.45) is 0 Å². The molecule has 0 unspecified atom stereocenters. The van der Waals surface area contributed by atoms with E-state index in [1.165, 1.54) is 6.07 Å². The lowest BCUT2D eigenvalue weighted by Gasteiger charge is -2.11. The highest BCUT2D eigenvalue weighted by atomic mass is 79.9. The van der Waals surface area contributed by atoms with E-state index in [-0.39, 0.29) is 11.6 Å². The van der Waals surface area contributed by atoms with Crippen molar-refractivity contribution in [3.8, 4) is 11.1 Å². The third kappa shape index (κ3) is 5.29. The Kier molecular flexibility index (Phi) is 7.75. The number of alkyl halides is 1. The number of fused-ring (bicyclic) bond motifs is 1. The molecule has 2 N–H and O–H groups in total. The smallest absolute Gasteiger partial charge is 0.222 e. The Morgan fingerprint density at radius 1 is 1.00 bits per heavy atom. The lowest BCUT2D eigenvalue weighted by atomic mass is 10.0. The summed E-state index contributed by atoms with van der Waals surface area (Å²) in [6.45, 7) is 0. The largest absolute Gasteiger partial charge is 0.357 e. The number of halogens is 4. The molecule has 0 bridgehead atoms. The van der Waals surface area contributed by atoms with Gasteiger partial charge in [0.1, 0.15) is 5.82 Å². The number of aromatic nitrogens is 2. The predicted molar refractivity (Wildman–Crippen MR) is 125 cm³/mol. The summed E-state index contributed by atoms with van der Waals surface area (Å²) in [6, 6.07) is 15.4. The Labute approximate surface area is 190 Å². The van der Waals surface area contributed by atoms with E-state index in [1.807, 2.05) is 18.2 Å². The molecule has 0 amide bonds. The molecular formula is C22H18BrF3N4S. The van der Waals surface area contributed by atoms with Gasteiger partial charge in [0.15, 0.2) is 5.82 Å². The molecule has 160 valence electrons. The number of benzene rings is 3. The molecule has 0 atom stereocenters. The van der Waals surface area contributed by atoms with E-state index in [9.17, 15) is 8.78 Å². The van der Waals surface area contributed by atoms with Crippen molar-refractivity contribution in [2.45, 2.75) is 4.90 Å². The van der Waals surface area contributed by atoms with Gasteiger partial charge < -0.3 is 10.0 Å². The number of hydrogen-bond acceptors (Lipinski definition) is 5. The normalized spacial score (nSPS) is 10.4. The van der Waals surface area contributed by atoms with Gasteiger partial charge in [-0.2, -0.15) is 0 Å². The molecule has 0 saturated carbocycles. The van der Waals surface area contributed by atoms with Crippen molar-refractivity contribution >= 4 is 50.4 Å². The first-order valence-corrected chi connectivity index (χ1v) is 10.7. The fourth-order valence-electron chi connectivity index (χ4n) is 2.81. The van der Waals surface area contributed by atoms with Crippen molar-refractivity contribution in [1.82, 2.24) is 9.97 Å². The fourth-order valence-corrected chi connectivity index (χ4v) is 3.74. The average molecular weight is 507 g/mol. The molecule has 1 heterocycles. The van der Waals surface area contributed by atoms with Crippen molar-refractivity contribution in [3.63, 3.8) is 0 Å². The van der Waals surface area contributed by atoms with Crippen LogP contribution in [0.3, 0.4) is 0 Å². The molecule has 0 aliphatic heterocycles. The van der Waals surface area contributed by atoms with Crippen LogP contribution in [0.1, 0.15) is 0 Å².